The molecule has 1 aromatic rings. The van der Waals surface area contributed by atoms with Crippen LogP contribution in [-0.2, 0) is 0 Å². The molecule has 1 aliphatic heterocycles. The predicted octanol–water partition coefficient (Wildman–Crippen LogP) is -0.0571. The van der Waals surface area contributed by atoms with E-state index in [0.29, 0.717) is 0 Å². The fraction of sp³-hybridized carbons (Fsp3) is 0.250. The summed E-state index contributed by atoms with van der Waals surface area (Å²) in [6.07, 6.45) is -0.836. The molecule has 0 aliphatic carbocycles. The van der Waals surface area contributed by atoms with Gasteiger partial charge in [-0.15, -0.1) is 0 Å². The molecule has 1 fully saturated rings. The Bertz CT molecular complexity index is 329. The first-order valence-corrected chi connectivity index (χ1v) is 4.23. The number of nitrogens with zero attached hydrogens (tertiary/aromatic N) is 1. The summed E-state index contributed by atoms with van der Waals surface area (Å²) in [7, 11) is 0. The largest absolute Gasteiger partial charge is 0.299 e. The summed E-state index contributed by atoms with van der Waals surface area (Å²) in [6, 6.07) is 8.94. The van der Waals surface area contributed by atoms with Gasteiger partial charge in [-0.05, 0) is 5.56 Å². The molecule has 0 aromatic heterocycles. The fourth-order valence-corrected chi connectivity index (χ4v) is 1.46. The smallest absolute Gasteiger partial charge is 0.263 e. The van der Waals surface area contributed by atoms with E-state index in [2.05, 4.69) is 16.4 Å². The summed E-state index contributed by atoms with van der Waals surface area (Å²) in [4.78, 5) is 10.3. The van der Waals surface area contributed by atoms with Crippen molar-refractivity contribution in [2.24, 2.45) is 0 Å². The lowest BCUT2D eigenvalue weighted by atomic mass is 10.1. The summed E-state index contributed by atoms with van der Waals surface area (Å²) < 4.78 is 0. The minimum atomic E-state index is -0.836. The van der Waals surface area contributed by atoms with Crippen molar-refractivity contribution in [3.63, 3.8) is 0 Å². The Labute approximate surface area is 80.4 Å². The van der Waals surface area contributed by atoms with Crippen molar-refractivity contribution in [3.8, 4) is 0 Å². The molecular weight excluding hydrogens is 184 g/mol. The van der Waals surface area contributed by atoms with E-state index >= 15 is 0 Å². The van der Waals surface area contributed by atoms with E-state index in [1.54, 1.807) is 0 Å². The van der Waals surface area contributed by atoms with Crippen molar-refractivity contribution in [1.29, 1.82) is 0 Å². The highest BCUT2D eigenvalue weighted by atomic mass is 16.6. The molecule has 1 aliphatic rings. The number of rotatable bonds is 2. The van der Waals surface area contributed by atoms with Crippen molar-refractivity contribution < 1.29 is 4.92 Å². The minimum Gasteiger partial charge on any atom is -0.263 e. The number of hydrogen-bond donors (Lipinski definition) is 3. The highest BCUT2D eigenvalue weighted by Crippen LogP contribution is 2.18. The number of hydrogen-bond acceptors (Lipinski definition) is 5. The predicted molar refractivity (Wildman–Crippen MR) is 49.4 cm³/mol. The van der Waals surface area contributed by atoms with Crippen molar-refractivity contribution >= 4 is 0 Å². The van der Waals surface area contributed by atoms with Gasteiger partial charge in [0, 0.05) is 4.92 Å². The normalized spacial score (nSPS) is 26.3. The van der Waals surface area contributed by atoms with Gasteiger partial charge in [0.2, 0.25) is 0 Å². The van der Waals surface area contributed by atoms with Crippen molar-refractivity contribution in [3.05, 3.63) is 46.0 Å². The van der Waals surface area contributed by atoms with E-state index in [-0.39, 0.29) is 11.0 Å². The van der Waals surface area contributed by atoms with Gasteiger partial charge in [0.1, 0.15) is 6.04 Å². The second kappa shape index (κ2) is 3.70. The van der Waals surface area contributed by atoms with Crippen LogP contribution in [0.15, 0.2) is 30.3 Å². The van der Waals surface area contributed by atoms with Gasteiger partial charge in [0.15, 0.2) is 0 Å². The van der Waals surface area contributed by atoms with Crippen LogP contribution in [0.4, 0.5) is 0 Å². The molecule has 6 nitrogen and oxygen atoms in total. The fourth-order valence-electron chi connectivity index (χ4n) is 1.46. The quantitative estimate of drug-likeness (QED) is 0.454. The second-order valence-electron chi connectivity index (χ2n) is 3.03. The molecule has 1 saturated heterocycles. The van der Waals surface area contributed by atoms with E-state index in [0.717, 1.165) is 5.56 Å². The summed E-state index contributed by atoms with van der Waals surface area (Å²) >= 11 is 0. The number of nitrogens with one attached hydrogen (secondary N) is 3. The monoisotopic (exact) mass is 194 g/mol. The lowest BCUT2D eigenvalue weighted by molar-refractivity contribution is -0.530. The topological polar surface area (TPSA) is 79.2 Å². The van der Waals surface area contributed by atoms with Crippen LogP contribution in [0.25, 0.3) is 0 Å². The molecule has 0 amide bonds. The average molecular weight is 194 g/mol. The third-order valence-electron chi connectivity index (χ3n) is 2.15. The zero-order valence-electron chi connectivity index (χ0n) is 7.31. The first kappa shape index (κ1) is 9.07. The molecule has 1 heterocycles. The van der Waals surface area contributed by atoms with Crippen LogP contribution in [0.2, 0.25) is 0 Å². The Hall–Kier alpha value is -1.50. The van der Waals surface area contributed by atoms with Gasteiger partial charge in [-0.1, -0.05) is 30.3 Å². The lowest BCUT2D eigenvalue weighted by Gasteiger charge is -2.10. The molecule has 0 radical (unpaired) electrons. The maximum absolute atomic E-state index is 10.6. The van der Waals surface area contributed by atoms with E-state index in [9.17, 15) is 10.1 Å². The highest BCUT2D eigenvalue weighted by Gasteiger charge is 2.36. The Morgan fingerprint density at radius 2 is 1.93 bits per heavy atom. The molecule has 1 aromatic carbocycles. The van der Waals surface area contributed by atoms with Crippen LogP contribution in [0.1, 0.15) is 11.6 Å². The Kier molecular flexibility index (Phi) is 2.40. The summed E-state index contributed by atoms with van der Waals surface area (Å²) in [5.41, 5.74) is 8.79. The van der Waals surface area contributed by atoms with Crippen LogP contribution in [0, 0.1) is 10.1 Å². The van der Waals surface area contributed by atoms with Gasteiger partial charge in [-0.3, -0.25) is 10.1 Å². The molecule has 0 spiro atoms. The van der Waals surface area contributed by atoms with E-state index in [1.807, 2.05) is 30.3 Å². The van der Waals surface area contributed by atoms with Crippen LogP contribution in [0.5, 0.6) is 0 Å². The van der Waals surface area contributed by atoms with Crippen LogP contribution < -0.4 is 16.4 Å². The molecule has 74 valence electrons. The van der Waals surface area contributed by atoms with Crippen molar-refractivity contribution in [2.75, 3.05) is 0 Å². The van der Waals surface area contributed by atoms with Gasteiger partial charge in [-0.25, -0.2) is 5.43 Å². The Balaban J connectivity index is 2.22. The van der Waals surface area contributed by atoms with E-state index in [4.69, 9.17) is 0 Å². The Morgan fingerprint density at radius 3 is 2.57 bits per heavy atom. The SMILES string of the molecule is O=[N+]([O-])C1NNNC1c1ccccc1. The van der Waals surface area contributed by atoms with Crippen molar-refractivity contribution in [2.45, 2.75) is 12.2 Å². The van der Waals surface area contributed by atoms with Gasteiger partial charge in [0.25, 0.3) is 6.17 Å². The van der Waals surface area contributed by atoms with Gasteiger partial charge in [0.05, 0.1) is 0 Å². The maximum atomic E-state index is 10.6. The molecule has 2 rings (SSSR count). The third-order valence-corrected chi connectivity index (χ3v) is 2.15. The molecule has 14 heavy (non-hydrogen) atoms. The van der Waals surface area contributed by atoms with E-state index in [1.165, 1.54) is 0 Å². The maximum Gasteiger partial charge on any atom is 0.299 e. The van der Waals surface area contributed by atoms with Gasteiger partial charge in [-0.2, -0.15) is 11.0 Å². The summed E-state index contributed by atoms with van der Waals surface area (Å²) in [5.74, 6) is 0. The molecule has 3 N–H and O–H groups in total. The first-order chi connectivity index (χ1) is 6.79. The third kappa shape index (κ3) is 1.58. The second-order valence-corrected chi connectivity index (χ2v) is 3.03. The van der Waals surface area contributed by atoms with Crippen LogP contribution in [0.3, 0.4) is 0 Å². The summed E-state index contributed by atoms with van der Waals surface area (Å²) in [6.45, 7) is 0. The standard InChI is InChI=1S/C8H10N4O2/c13-12(14)8-7(9-11-10-8)6-4-2-1-3-5-6/h1-5,7-11H. The molecular formula is C8H10N4O2. The average Bonchev–Trinajstić information content (AvgIpc) is 2.67. The van der Waals surface area contributed by atoms with Crippen molar-refractivity contribution in [1.82, 2.24) is 16.4 Å². The Morgan fingerprint density at radius 1 is 1.21 bits per heavy atom. The zero-order chi connectivity index (χ0) is 9.97. The number of benzene rings is 1. The zero-order valence-corrected chi connectivity index (χ0v) is 7.31. The van der Waals surface area contributed by atoms with Gasteiger partial charge >= 0.3 is 0 Å². The molecule has 0 bridgehead atoms. The highest BCUT2D eigenvalue weighted by molar-refractivity contribution is 5.20. The molecule has 6 heteroatoms. The minimum absolute atomic E-state index is 0.341. The first-order valence-electron chi connectivity index (χ1n) is 4.23. The molecule has 0 saturated carbocycles. The summed E-state index contributed by atoms with van der Waals surface area (Å²) in [5, 5.41) is 10.6. The van der Waals surface area contributed by atoms with Gasteiger partial charge < -0.3 is 0 Å². The number of hydrazine groups is 2. The van der Waals surface area contributed by atoms with Crippen LogP contribution in [-0.4, -0.2) is 11.1 Å². The number of nitro groups is 1. The lowest BCUT2D eigenvalue weighted by Crippen LogP contribution is -2.37. The van der Waals surface area contributed by atoms with Crippen LogP contribution >= 0.6 is 0 Å². The molecule has 2 unspecified atom stereocenters. The van der Waals surface area contributed by atoms with E-state index < -0.39 is 6.17 Å². The molecule has 2 atom stereocenters.